The van der Waals surface area contributed by atoms with Crippen molar-refractivity contribution >= 4 is 22.9 Å². The number of aliphatic hydroxyl groups is 1. The summed E-state index contributed by atoms with van der Waals surface area (Å²) in [4.78, 5) is 18.0. The largest absolute Gasteiger partial charge is 0.458 e. The first-order valence-electron chi connectivity index (χ1n) is 30.3. The minimum atomic E-state index is -0.841. The molecule has 4 heterocycles. The van der Waals surface area contributed by atoms with Crippen LogP contribution in [-0.2, 0) is 114 Å². The number of rotatable bonds is 17. The Morgan fingerprint density at radius 3 is 1.92 bits per heavy atom. The van der Waals surface area contributed by atoms with Gasteiger partial charge in [-0.2, -0.15) is 58.0 Å². The van der Waals surface area contributed by atoms with Crippen molar-refractivity contribution < 1.29 is 91.4 Å². The Hall–Kier alpha value is -2.58. The summed E-state index contributed by atoms with van der Waals surface area (Å²) < 4.78 is 15.6. The van der Waals surface area contributed by atoms with Crippen LogP contribution in [0.25, 0.3) is 10.6 Å². The summed E-state index contributed by atoms with van der Waals surface area (Å²) in [5.41, 5.74) is 8.91. The average Bonchev–Trinajstić information content (AvgIpc) is 4.48. The Morgan fingerprint density at radius 1 is 0.690 bits per heavy atom. The van der Waals surface area contributed by atoms with Crippen molar-refractivity contribution in [1.29, 1.82) is 0 Å². The summed E-state index contributed by atoms with van der Waals surface area (Å²) in [5.74, 6) is 2.46. The van der Waals surface area contributed by atoms with Gasteiger partial charge in [0.15, 0.2) is 5.89 Å². The first kappa shape index (κ1) is 73.9. The van der Waals surface area contributed by atoms with Gasteiger partial charge in [0, 0.05) is 113 Å². The molecular formula is C70H92IrN5NiO3PtRhS2-3. The fourth-order valence-corrected chi connectivity index (χ4v) is 14.3. The Kier molecular flexibility index (Phi) is 30.3. The summed E-state index contributed by atoms with van der Waals surface area (Å²) in [6.07, 6.45) is 35.2. The van der Waals surface area contributed by atoms with Crippen LogP contribution in [-0.4, -0.2) is 29.4 Å². The van der Waals surface area contributed by atoms with Crippen molar-refractivity contribution in [2.45, 2.75) is 227 Å². The van der Waals surface area contributed by atoms with Gasteiger partial charge in [0.05, 0.1) is 22.1 Å². The van der Waals surface area contributed by atoms with Crippen LogP contribution in [0.2, 0.25) is 0 Å². The summed E-state index contributed by atoms with van der Waals surface area (Å²) in [5, 5.41) is 13.8. The van der Waals surface area contributed by atoms with Crippen molar-refractivity contribution in [3.05, 3.63) is 160 Å². The Labute approximate surface area is 564 Å². The number of aryl methyl sites for hydroxylation is 2. The molecule has 3 aromatic carbocycles. The number of thiazole rings is 1. The maximum atomic E-state index is 9.98. The SMILES string of the molecule is CC1(CCCc2nsc(-c3[c-]cccc3)n2)CCCCC1.CC1(Cc2ccnc(C(C)(C)O)c2)CCCC1.CC1(Cc2csc(Oc3[c-]cccc3)n2)CCCC1.CCC1(Cc2cc[c-]c(C(C)(C)c3coc(C)n3)c2)CCCC1.[Ir].[Ni].[Pt].[Rh]. The third kappa shape index (κ3) is 22.2. The van der Waals surface area contributed by atoms with Crippen molar-refractivity contribution in [1.82, 2.24) is 24.3 Å². The molecule has 14 heteroatoms. The van der Waals surface area contributed by atoms with Crippen LogP contribution in [0.4, 0.5) is 0 Å². The Bertz CT molecular complexity index is 2960. The number of nitrogens with zero attached hydrogens (tertiary/aromatic N) is 5. The molecule has 0 unspecified atom stereocenters. The fraction of sp³-hybridized carbons (Fsp3) is 0.557. The van der Waals surface area contributed by atoms with Gasteiger partial charge >= 0.3 is 0 Å². The molecular weight excluding hydrogens is 1570 g/mol. The molecule has 1 N–H and O–H groups in total. The van der Waals surface area contributed by atoms with Crippen LogP contribution in [0, 0.1) is 46.8 Å². The van der Waals surface area contributed by atoms with Gasteiger partial charge in [-0.1, -0.05) is 129 Å². The van der Waals surface area contributed by atoms with E-state index >= 15 is 0 Å². The van der Waals surface area contributed by atoms with E-state index in [0.717, 1.165) is 63.9 Å². The molecule has 8 nitrogen and oxygen atoms in total. The molecule has 0 aliphatic heterocycles. The van der Waals surface area contributed by atoms with Gasteiger partial charge in [-0.25, -0.2) is 9.97 Å². The third-order valence-electron chi connectivity index (χ3n) is 18.2. The van der Waals surface area contributed by atoms with Crippen LogP contribution in [0.5, 0.6) is 10.9 Å². The molecule has 0 atom stereocenters. The fourth-order valence-electron chi connectivity index (χ4n) is 12.9. The first-order valence-corrected chi connectivity index (χ1v) is 32.0. The molecule has 0 spiro atoms. The van der Waals surface area contributed by atoms with E-state index < -0.39 is 5.60 Å². The predicted molar refractivity (Wildman–Crippen MR) is 329 cm³/mol. The van der Waals surface area contributed by atoms with E-state index in [9.17, 15) is 5.11 Å². The second kappa shape index (κ2) is 34.4. The van der Waals surface area contributed by atoms with Crippen molar-refractivity contribution in [2.75, 3.05) is 0 Å². The molecule has 0 amide bonds. The smallest absolute Gasteiger partial charge is 0.276 e. The minimum Gasteiger partial charge on any atom is -0.458 e. The van der Waals surface area contributed by atoms with Crippen LogP contribution in [0.3, 0.4) is 0 Å². The quantitative estimate of drug-likeness (QED) is 0.0710. The van der Waals surface area contributed by atoms with E-state index in [2.05, 4.69) is 120 Å². The van der Waals surface area contributed by atoms with E-state index in [1.165, 1.54) is 169 Å². The standard InChI is InChI=1S/C21H28NO.C18H23N2S.C16H18NOS.C15H23NO.Ir.Ni.Pt.Rh/c1-5-21(11-6-7-12-21)14-17-9-8-10-18(13-17)20(3,4)19-15-23-16(2)22-19;1-18(12-6-3-7-13-18)14-8-11-16-19-17(21-20-16)15-9-4-2-5-10-15;1-16(9-5-6-10-16)11-13-12-19-15(17-13)18-14-7-3-2-4-8-14;1-14(2,17)13-10-12(6-9-16-13)11-15(3)7-4-5-8-15;;;;/h8-9,13,15H,5-7,11-12,14H2,1-4H3;2,4-5,9H,3,6-8,11-14H2,1H3;2-4,7,12H,5-6,9-11H2,1H3;6,9-10,17H,4-5,7-8,11H2,1-3H3;;;;/q3*-1;;;;;. The molecule has 468 valence electrons. The molecule has 0 saturated heterocycles. The molecule has 4 aromatic heterocycles. The molecule has 4 aliphatic carbocycles. The molecule has 4 fully saturated rings. The Morgan fingerprint density at radius 2 is 1.31 bits per heavy atom. The number of benzene rings is 3. The zero-order chi connectivity index (χ0) is 56.7. The number of pyridine rings is 1. The number of ether oxygens (including phenoxy) is 1. The summed E-state index contributed by atoms with van der Waals surface area (Å²) >= 11 is 3.07. The predicted octanol–water partition coefficient (Wildman–Crippen LogP) is 19.2. The summed E-state index contributed by atoms with van der Waals surface area (Å²) in [6, 6.07) is 36.1. The summed E-state index contributed by atoms with van der Waals surface area (Å²) in [7, 11) is 0. The average molecular weight is 1660 g/mol. The summed E-state index contributed by atoms with van der Waals surface area (Å²) in [6.45, 7) is 19.4. The van der Waals surface area contributed by atoms with E-state index in [1.807, 2.05) is 61.7 Å². The molecule has 4 aliphatic rings. The minimum absolute atomic E-state index is 0. The second-order valence-corrected chi connectivity index (χ2v) is 27.7. The number of oxazole rings is 1. The number of hydrogen-bond donors (Lipinski definition) is 1. The normalized spacial score (nSPS) is 17.2. The number of para-hydroxylation sites is 1. The van der Waals surface area contributed by atoms with Gasteiger partial charge < -0.3 is 14.3 Å². The zero-order valence-corrected chi connectivity index (χ0v) is 60.3. The molecule has 84 heavy (non-hydrogen) atoms. The number of hydrogen-bond acceptors (Lipinski definition) is 10. The van der Waals surface area contributed by atoms with Crippen LogP contribution >= 0.6 is 22.9 Å². The van der Waals surface area contributed by atoms with Crippen LogP contribution in [0.15, 0.2) is 101 Å². The maximum absolute atomic E-state index is 9.98. The second-order valence-electron chi connectivity index (χ2n) is 26.2. The van der Waals surface area contributed by atoms with Gasteiger partial charge in [0.2, 0.25) is 0 Å². The van der Waals surface area contributed by atoms with Gasteiger partial charge in [-0.15, -0.1) is 48.0 Å². The van der Waals surface area contributed by atoms with Crippen molar-refractivity contribution in [3.63, 3.8) is 0 Å². The molecule has 2 radical (unpaired) electrons. The van der Waals surface area contributed by atoms with Crippen molar-refractivity contribution in [3.8, 4) is 21.5 Å². The van der Waals surface area contributed by atoms with Gasteiger partial charge in [0.25, 0.3) is 5.19 Å². The van der Waals surface area contributed by atoms with Crippen LogP contribution < -0.4 is 4.74 Å². The topological polar surface area (TPSA) is 107 Å². The third-order valence-corrected chi connectivity index (χ3v) is 19.7. The van der Waals surface area contributed by atoms with Crippen molar-refractivity contribution in [2.24, 2.45) is 21.7 Å². The van der Waals surface area contributed by atoms with E-state index in [0.29, 0.717) is 21.7 Å². The van der Waals surface area contributed by atoms with E-state index in [4.69, 9.17) is 9.15 Å². The molecule has 11 rings (SSSR count). The number of aromatic nitrogens is 5. The van der Waals surface area contributed by atoms with E-state index in [1.54, 1.807) is 31.4 Å². The molecule has 4 saturated carbocycles. The Balaban J connectivity index is 0.000000238. The van der Waals surface area contributed by atoms with E-state index in [-0.39, 0.29) is 82.6 Å². The zero-order valence-electron chi connectivity index (χ0n) is 51.3. The molecule has 7 aromatic rings. The van der Waals surface area contributed by atoms with Gasteiger partial charge in [0.1, 0.15) is 17.7 Å². The van der Waals surface area contributed by atoms with Crippen LogP contribution in [0.1, 0.15) is 229 Å². The first-order chi connectivity index (χ1) is 38.3. The monoisotopic (exact) mass is 1660 g/mol. The van der Waals surface area contributed by atoms with Gasteiger partial charge in [-0.05, 0) is 137 Å². The van der Waals surface area contributed by atoms with Gasteiger partial charge in [-0.3, -0.25) is 9.97 Å². The molecule has 0 bridgehead atoms. The maximum Gasteiger partial charge on any atom is 0.276 e.